The Kier molecular flexibility index (Phi) is 14.1. The van der Waals surface area contributed by atoms with Crippen molar-refractivity contribution in [2.75, 3.05) is 26.9 Å². The van der Waals surface area contributed by atoms with Crippen LogP contribution in [-0.2, 0) is 42.2 Å². The fourth-order valence-corrected chi connectivity index (χ4v) is 17.5. The van der Waals surface area contributed by atoms with E-state index in [1.54, 1.807) is 19.1 Å². The molecule has 428 valence electrons. The van der Waals surface area contributed by atoms with Crippen LogP contribution in [-0.4, -0.2) is 65.9 Å². The average Bonchev–Trinajstić information content (AvgIpc) is 1.93. The number of esters is 2. The van der Waals surface area contributed by atoms with E-state index >= 15 is 9.59 Å². The number of aryl methyl sites for hydroxylation is 1. The summed E-state index contributed by atoms with van der Waals surface area (Å²) in [6.45, 7) is 0.705. The second kappa shape index (κ2) is 21.6. The molecule has 11 aliphatic rings. The van der Waals surface area contributed by atoms with Crippen molar-refractivity contribution in [3.8, 4) is 5.75 Å². The van der Waals surface area contributed by atoms with E-state index in [1.807, 2.05) is 0 Å². The van der Waals surface area contributed by atoms with Crippen molar-refractivity contribution >= 4 is 40.6 Å². The fraction of sp³-hybridized carbons (Fsp3) is 0.431. The van der Waals surface area contributed by atoms with Gasteiger partial charge in [0.2, 0.25) is 0 Å². The molecule has 11 heteroatoms. The van der Waals surface area contributed by atoms with Crippen LogP contribution < -0.4 is 10.4 Å². The van der Waals surface area contributed by atoms with Gasteiger partial charge in [-0.25, -0.2) is 9.59 Å². The maximum Gasteiger partial charge on any atom is 0.340 e. The maximum absolute atomic E-state index is 15.9. The molecule has 3 aliphatic heterocycles. The molecule has 16 rings (SSSR count). The second-order valence-electron chi connectivity index (χ2n) is 25.2. The first kappa shape index (κ1) is 54.1. The van der Waals surface area contributed by atoms with Crippen LogP contribution in [0.1, 0.15) is 169 Å². The molecule has 12 unspecified atom stereocenters. The number of fused-ring (bicyclic) bond motifs is 13. The molecule has 4 aromatic carbocycles. The summed E-state index contributed by atoms with van der Waals surface area (Å²) in [6, 6.07) is 26.1. The minimum absolute atomic E-state index is 0.0160. The van der Waals surface area contributed by atoms with Gasteiger partial charge in [0, 0.05) is 72.2 Å². The molecule has 11 nitrogen and oxygen atoms in total. The van der Waals surface area contributed by atoms with Crippen molar-refractivity contribution in [3.63, 3.8) is 0 Å². The highest BCUT2D eigenvalue weighted by Crippen LogP contribution is 2.62. The van der Waals surface area contributed by atoms with Crippen molar-refractivity contribution in [1.29, 1.82) is 0 Å². The summed E-state index contributed by atoms with van der Waals surface area (Å²) in [5.74, 6) is -1.29. The summed E-state index contributed by atoms with van der Waals surface area (Å²) in [5.41, 5.74) is 10.4. The molecule has 2 saturated carbocycles. The molecular weight excluding hydrogens is 1040 g/mol. The Balaban J connectivity index is 0.960. The molecule has 3 N–H and O–H groups in total. The lowest BCUT2D eigenvalue weighted by atomic mass is 9.48. The Morgan fingerprint density at radius 1 is 0.807 bits per heavy atom. The van der Waals surface area contributed by atoms with E-state index in [-0.39, 0.29) is 96.7 Å². The van der Waals surface area contributed by atoms with Crippen molar-refractivity contribution in [2.45, 2.75) is 138 Å². The van der Waals surface area contributed by atoms with Crippen LogP contribution in [0.15, 0.2) is 136 Å². The minimum atomic E-state index is -1.34. The summed E-state index contributed by atoms with van der Waals surface area (Å²) in [4.78, 5) is 46.0. The van der Waals surface area contributed by atoms with Gasteiger partial charge in [0.1, 0.15) is 11.3 Å². The maximum atomic E-state index is 15.9. The number of hydrogen-bond donors (Lipinski definition) is 3. The van der Waals surface area contributed by atoms with E-state index in [9.17, 15) is 20.1 Å². The van der Waals surface area contributed by atoms with Gasteiger partial charge in [0.05, 0.1) is 25.4 Å². The minimum Gasteiger partial charge on any atom is -0.482 e. The number of benzene rings is 4. The van der Waals surface area contributed by atoms with E-state index < -0.39 is 47.9 Å². The van der Waals surface area contributed by atoms with Crippen LogP contribution in [0.4, 0.5) is 0 Å². The van der Waals surface area contributed by atoms with Gasteiger partial charge in [-0.05, 0) is 155 Å². The van der Waals surface area contributed by atoms with E-state index in [4.69, 9.17) is 23.4 Å². The number of rotatable bonds is 7. The van der Waals surface area contributed by atoms with Gasteiger partial charge in [-0.1, -0.05) is 135 Å². The number of ether oxygens (including phenoxy) is 4. The third kappa shape index (κ3) is 8.68. The van der Waals surface area contributed by atoms with Gasteiger partial charge < -0.3 is 38.7 Å². The van der Waals surface area contributed by atoms with Crippen molar-refractivity contribution in [2.24, 2.45) is 29.6 Å². The number of aliphatic hydroxyl groups excluding tert-OH is 3. The standard InChI is InChI=1S/C72H74O11/c1-41(38-74)52-26-19-42-20-27-53-45(34-42)21-22-47-36-51-14-7-13-50-25-23-44-11-4-6-17-59(44)72(50,51)60-18-8-15-55(63(47)60)46-24-28-54(53)49(35-46)37-62(76)80-67-65-61(83-71(68(67)82-69(52)77)32-9-12-43-10-3-5-16-58(43)71)30-29-56-57(39-75)64(70(78)81-66(56)65)48(31-33-73)40-79-2/h4,6,8-9,11-12,15,17-18,20-25,27-30,34,36,43,46,48-51,54,58,67-68,73-75H,3,5,7,10,13-14,16,19,26,31-33,35,37-40H2,1-2H3. The number of hydrogen-bond acceptors (Lipinski definition) is 11. The summed E-state index contributed by atoms with van der Waals surface area (Å²) in [6.07, 6.45) is 27.5. The SMILES string of the molecule is COCC(CCO)c1c(CO)c2ccc3c(c2oc1=O)C1OC(=O)CC2CC4C=CC2c2ccc(cc2C=CC2=CC5CCCC6C=Cc7ccccc7C65c5cccc4c52)CCC(=C(C)CO)C(=O)OC1C1(CC=CC2CCCCC21)O3. The molecule has 2 spiro atoms. The molecule has 0 radical (unpaired) electrons. The lowest BCUT2D eigenvalue weighted by molar-refractivity contribution is -0.208. The zero-order valence-corrected chi connectivity index (χ0v) is 47.5. The molecule has 12 atom stereocenters. The number of carbonyl (C=O) groups is 2. The second-order valence-corrected chi connectivity index (χ2v) is 25.2. The highest BCUT2D eigenvalue weighted by molar-refractivity contribution is 5.91. The Morgan fingerprint density at radius 2 is 1.66 bits per heavy atom. The summed E-state index contributed by atoms with van der Waals surface area (Å²) >= 11 is 0. The normalized spacial score (nSPS) is 31.0. The fourth-order valence-electron chi connectivity index (χ4n) is 17.5. The van der Waals surface area contributed by atoms with E-state index in [2.05, 4.69) is 115 Å². The molecule has 5 aromatic rings. The van der Waals surface area contributed by atoms with Gasteiger partial charge in [-0.2, -0.15) is 0 Å². The highest BCUT2D eigenvalue weighted by atomic mass is 16.6. The van der Waals surface area contributed by atoms with Crippen LogP contribution >= 0.6 is 0 Å². The molecule has 4 heterocycles. The summed E-state index contributed by atoms with van der Waals surface area (Å²) in [5, 5.41) is 32.7. The molecule has 0 amide bonds. The van der Waals surface area contributed by atoms with Crippen LogP contribution in [0.3, 0.4) is 0 Å². The van der Waals surface area contributed by atoms with Gasteiger partial charge in [-0.3, -0.25) is 4.79 Å². The van der Waals surface area contributed by atoms with E-state index in [0.717, 1.165) is 61.6 Å². The first-order chi connectivity index (χ1) is 40.6. The lowest BCUT2D eigenvalue weighted by Gasteiger charge is -2.54. The third-order valence-corrected chi connectivity index (χ3v) is 21.1. The van der Waals surface area contributed by atoms with Crippen molar-refractivity contribution in [1.82, 2.24) is 0 Å². The summed E-state index contributed by atoms with van der Waals surface area (Å²) in [7, 11) is 1.52. The predicted octanol–water partition coefficient (Wildman–Crippen LogP) is 12.7. The van der Waals surface area contributed by atoms with Gasteiger partial charge in [-0.15, -0.1) is 0 Å². The Hall–Kier alpha value is -6.89. The first-order valence-electron chi connectivity index (χ1n) is 30.6. The highest BCUT2D eigenvalue weighted by Gasteiger charge is 2.61. The molecule has 8 aliphatic carbocycles. The van der Waals surface area contributed by atoms with Crippen molar-refractivity contribution in [3.05, 3.63) is 198 Å². The third-order valence-electron chi connectivity index (χ3n) is 21.1. The summed E-state index contributed by atoms with van der Waals surface area (Å²) < 4.78 is 33.6. The van der Waals surface area contributed by atoms with Crippen molar-refractivity contribution < 1.29 is 48.3 Å². The molecule has 0 saturated heterocycles. The van der Waals surface area contributed by atoms with Gasteiger partial charge in [0.15, 0.2) is 17.8 Å². The monoisotopic (exact) mass is 1110 g/mol. The topological polar surface area (TPSA) is 162 Å². The molecule has 83 heavy (non-hydrogen) atoms. The Labute approximate surface area is 485 Å². The quantitative estimate of drug-likeness (QED) is 0.0615. The molecular formula is C72H74O11. The average molecular weight is 1120 g/mol. The van der Waals surface area contributed by atoms with Gasteiger partial charge in [0.25, 0.3) is 0 Å². The lowest BCUT2D eigenvalue weighted by Crippen LogP contribution is -2.62. The van der Waals surface area contributed by atoms with E-state index in [0.29, 0.717) is 53.0 Å². The molecule has 2 fully saturated rings. The zero-order chi connectivity index (χ0) is 56.7. The number of allylic oxidation sites excluding steroid dienone is 7. The van der Waals surface area contributed by atoms with Crippen LogP contribution in [0.2, 0.25) is 0 Å². The first-order valence-corrected chi connectivity index (χ1v) is 30.6. The van der Waals surface area contributed by atoms with E-state index in [1.165, 1.54) is 40.5 Å². The number of aliphatic hydroxyl groups is 3. The van der Waals surface area contributed by atoms with Crippen LogP contribution in [0.5, 0.6) is 5.75 Å². The number of methoxy groups -OCH3 is 1. The largest absolute Gasteiger partial charge is 0.482 e. The molecule has 1 aromatic heterocycles. The van der Waals surface area contributed by atoms with Gasteiger partial charge >= 0.3 is 17.6 Å². The van der Waals surface area contributed by atoms with Crippen LogP contribution in [0, 0.1) is 29.6 Å². The Bertz CT molecular complexity index is 3700. The molecule has 6 bridgehead atoms. The predicted molar refractivity (Wildman–Crippen MR) is 318 cm³/mol. The van der Waals surface area contributed by atoms with Crippen LogP contribution in [0.25, 0.3) is 28.7 Å². The zero-order valence-electron chi connectivity index (χ0n) is 47.5. The smallest absolute Gasteiger partial charge is 0.340 e. The number of carbonyl (C=O) groups excluding carboxylic acids is 2. The Morgan fingerprint density at radius 3 is 2.52 bits per heavy atom.